The van der Waals surface area contributed by atoms with Crippen LogP contribution in [0.4, 0.5) is 4.79 Å². The molecule has 0 aliphatic carbocycles. The molecule has 0 bridgehead atoms. The van der Waals surface area contributed by atoms with Crippen LogP contribution in [0.25, 0.3) is 0 Å². The summed E-state index contributed by atoms with van der Waals surface area (Å²) in [7, 11) is 0. The van der Waals surface area contributed by atoms with Crippen molar-refractivity contribution in [1.82, 2.24) is 10.6 Å². The summed E-state index contributed by atoms with van der Waals surface area (Å²) in [6, 6.07) is 1.20. The van der Waals surface area contributed by atoms with Crippen LogP contribution in [-0.2, 0) is 10.4 Å². The van der Waals surface area contributed by atoms with Gasteiger partial charge in [-0.2, -0.15) is 0 Å². The Balaban J connectivity index is 2.49. The number of amides is 2. The average molecular weight is 284 g/mol. The molecule has 1 atom stereocenters. The minimum Gasteiger partial charge on any atom is -0.481 e. The quantitative estimate of drug-likeness (QED) is 0.619. The molecular formula is C13H20N2O5. The molecule has 1 aromatic rings. The molecule has 0 spiro atoms. The van der Waals surface area contributed by atoms with E-state index in [0.29, 0.717) is 17.1 Å². The lowest BCUT2D eigenvalue weighted by molar-refractivity contribution is -0.136. The highest BCUT2D eigenvalue weighted by Gasteiger charge is 2.28. The van der Waals surface area contributed by atoms with Gasteiger partial charge in [0.2, 0.25) is 0 Å². The molecule has 0 saturated heterocycles. The molecule has 1 unspecified atom stereocenters. The monoisotopic (exact) mass is 284 g/mol. The second-order valence-electron chi connectivity index (χ2n) is 4.85. The molecule has 1 rings (SSSR count). The Labute approximate surface area is 117 Å². The molecule has 0 aromatic carbocycles. The molecule has 7 heteroatoms. The van der Waals surface area contributed by atoms with Crippen molar-refractivity contribution in [2.24, 2.45) is 0 Å². The lowest BCUT2D eigenvalue weighted by atomic mass is 9.96. The maximum Gasteiger partial charge on any atom is 0.314 e. The number of aryl methyl sites for hydroxylation is 2. The van der Waals surface area contributed by atoms with Crippen molar-refractivity contribution < 1.29 is 24.2 Å². The fraction of sp³-hybridized carbons (Fsp3) is 0.538. The second-order valence-corrected chi connectivity index (χ2v) is 4.85. The number of hydrogen-bond donors (Lipinski definition) is 4. The summed E-state index contributed by atoms with van der Waals surface area (Å²) >= 11 is 0. The Hall–Kier alpha value is -2.02. The lowest BCUT2D eigenvalue weighted by Crippen LogP contribution is -2.44. The van der Waals surface area contributed by atoms with Crippen LogP contribution in [0.15, 0.2) is 10.5 Å². The number of nitrogens with one attached hydrogen (secondary N) is 2. The van der Waals surface area contributed by atoms with E-state index in [-0.39, 0.29) is 19.5 Å². The first-order valence-electron chi connectivity index (χ1n) is 6.26. The van der Waals surface area contributed by atoms with Gasteiger partial charge in [-0.25, -0.2) is 4.79 Å². The van der Waals surface area contributed by atoms with Crippen LogP contribution in [0.1, 0.15) is 30.4 Å². The summed E-state index contributed by atoms with van der Waals surface area (Å²) in [5, 5.41) is 23.7. The van der Waals surface area contributed by atoms with E-state index in [9.17, 15) is 14.7 Å². The predicted octanol–water partition coefficient (Wildman–Crippen LogP) is 0.878. The first kappa shape index (κ1) is 16.0. The number of aliphatic hydroxyl groups is 1. The predicted molar refractivity (Wildman–Crippen MR) is 71.4 cm³/mol. The third-order valence-corrected chi connectivity index (χ3v) is 2.84. The summed E-state index contributed by atoms with van der Waals surface area (Å²) in [6.07, 6.45) is -0.149. The highest BCUT2D eigenvalue weighted by atomic mass is 16.4. The van der Waals surface area contributed by atoms with E-state index < -0.39 is 17.6 Å². The maximum absolute atomic E-state index is 11.4. The summed E-state index contributed by atoms with van der Waals surface area (Å²) in [4.78, 5) is 21.7. The molecule has 4 N–H and O–H groups in total. The van der Waals surface area contributed by atoms with Gasteiger partial charge in [0.15, 0.2) is 0 Å². The lowest BCUT2D eigenvalue weighted by Gasteiger charge is -2.23. The van der Waals surface area contributed by atoms with Crippen LogP contribution in [-0.4, -0.2) is 35.3 Å². The Kier molecular flexibility index (Phi) is 5.15. The van der Waals surface area contributed by atoms with Crippen molar-refractivity contribution in [1.29, 1.82) is 0 Å². The highest BCUT2D eigenvalue weighted by Crippen LogP contribution is 2.26. The molecular weight excluding hydrogens is 264 g/mol. The standard InChI is InChI=1S/C13H20N2O5/c1-8-6-10(9(2)20-8)13(3,19)7-15-12(18)14-5-4-11(16)17/h6,19H,4-5,7H2,1-3H3,(H,16,17)(H2,14,15,18). The van der Waals surface area contributed by atoms with Gasteiger partial charge in [-0.15, -0.1) is 0 Å². The van der Waals surface area contributed by atoms with E-state index in [1.807, 2.05) is 0 Å². The minimum absolute atomic E-state index is 0.00822. The molecule has 1 aromatic heterocycles. The van der Waals surface area contributed by atoms with Gasteiger partial charge in [-0.3, -0.25) is 4.79 Å². The van der Waals surface area contributed by atoms with Gasteiger partial charge in [0.05, 0.1) is 13.0 Å². The first-order valence-corrected chi connectivity index (χ1v) is 6.26. The first-order chi connectivity index (χ1) is 9.22. The van der Waals surface area contributed by atoms with Crippen LogP contribution in [0.2, 0.25) is 0 Å². The number of carbonyl (C=O) groups excluding carboxylic acids is 1. The van der Waals surface area contributed by atoms with E-state index in [0.717, 1.165) is 0 Å². The van der Waals surface area contributed by atoms with Crippen molar-refractivity contribution in [3.63, 3.8) is 0 Å². The molecule has 2 amide bonds. The minimum atomic E-state index is -1.26. The maximum atomic E-state index is 11.4. The Morgan fingerprint density at radius 1 is 1.35 bits per heavy atom. The van der Waals surface area contributed by atoms with Gasteiger partial charge < -0.3 is 25.3 Å². The van der Waals surface area contributed by atoms with Crippen molar-refractivity contribution in [2.45, 2.75) is 32.8 Å². The zero-order valence-electron chi connectivity index (χ0n) is 11.8. The Bertz CT molecular complexity index is 493. The number of carboxylic acid groups (broad SMARTS) is 1. The van der Waals surface area contributed by atoms with E-state index in [4.69, 9.17) is 9.52 Å². The van der Waals surface area contributed by atoms with Crippen LogP contribution < -0.4 is 10.6 Å². The summed E-state index contributed by atoms with van der Waals surface area (Å²) in [6.45, 7) is 5.11. The van der Waals surface area contributed by atoms with Crippen LogP contribution in [0.3, 0.4) is 0 Å². The van der Waals surface area contributed by atoms with Crippen molar-refractivity contribution >= 4 is 12.0 Å². The van der Waals surface area contributed by atoms with E-state index in [1.165, 1.54) is 0 Å². The number of rotatable bonds is 6. The molecule has 0 aliphatic heterocycles. The molecule has 0 fully saturated rings. The van der Waals surface area contributed by atoms with Crippen molar-refractivity contribution in [2.75, 3.05) is 13.1 Å². The van der Waals surface area contributed by atoms with E-state index in [1.54, 1.807) is 26.8 Å². The zero-order valence-corrected chi connectivity index (χ0v) is 11.8. The van der Waals surface area contributed by atoms with Gasteiger partial charge in [-0.1, -0.05) is 0 Å². The number of hydrogen-bond acceptors (Lipinski definition) is 4. The highest BCUT2D eigenvalue weighted by molar-refractivity contribution is 5.75. The molecule has 0 radical (unpaired) electrons. The molecule has 7 nitrogen and oxygen atoms in total. The SMILES string of the molecule is Cc1cc(C(C)(O)CNC(=O)NCCC(=O)O)c(C)o1. The fourth-order valence-corrected chi connectivity index (χ4v) is 1.86. The van der Waals surface area contributed by atoms with Crippen LogP contribution in [0.5, 0.6) is 0 Å². The van der Waals surface area contributed by atoms with Gasteiger partial charge in [0, 0.05) is 12.1 Å². The van der Waals surface area contributed by atoms with Crippen LogP contribution >= 0.6 is 0 Å². The van der Waals surface area contributed by atoms with Crippen LogP contribution in [0, 0.1) is 13.8 Å². The topological polar surface area (TPSA) is 112 Å². The summed E-state index contributed by atoms with van der Waals surface area (Å²) < 4.78 is 5.35. The van der Waals surface area contributed by atoms with Crippen molar-refractivity contribution in [3.8, 4) is 0 Å². The fourth-order valence-electron chi connectivity index (χ4n) is 1.86. The van der Waals surface area contributed by atoms with Gasteiger partial charge in [0.25, 0.3) is 0 Å². The summed E-state index contributed by atoms with van der Waals surface area (Å²) in [5.74, 6) is 0.297. The normalized spacial score (nSPS) is 13.6. The number of aliphatic carboxylic acids is 1. The smallest absolute Gasteiger partial charge is 0.314 e. The molecule has 0 saturated carbocycles. The second kappa shape index (κ2) is 6.42. The number of carboxylic acids is 1. The largest absolute Gasteiger partial charge is 0.481 e. The molecule has 0 aliphatic rings. The number of carbonyl (C=O) groups is 2. The van der Waals surface area contributed by atoms with Crippen molar-refractivity contribution in [3.05, 3.63) is 23.2 Å². The zero-order chi connectivity index (χ0) is 15.3. The number of urea groups is 1. The average Bonchev–Trinajstić information content (AvgIpc) is 2.66. The molecule has 1 heterocycles. The Morgan fingerprint density at radius 2 is 2.00 bits per heavy atom. The summed E-state index contributed by atoms with van der Waals surface area (Å²) in [5.41, 5.74) is -0.646. The van der Waals surface area contributed by atoms with E-state index >= 15 is 0 Å². The molecule has 20 heavy (non-hydrogen) atoms. The van der Waals surface area contributed by atoms with Gasteiger partial charge in [-0.05, 0) is 26.8 Å². The number of furan rings is 1. The molecule has 112 valence electrons. The Morgan fingerprint density at radius 3 is 2.50 bits per heavy atom. The third kappa shape index (κ3) is 4.58. The third-order valence-electron chi connectivity index (χ3n) is 2.84. The van der Waals surface area contributed by atoms with E-state index in [2.05, 4.69) is 10.6 Å². The van der Waals surface area contributed by atoms with Gasteiger partial charge >= 0.3 is 12.0 Å². The van der Waals surface area contributed by atoms with Gasteiger partial charge in [0.1, 0.15) is 17.1 Å².